The van der Waals surface area contributed by atoms with E-state index >= 15 is 0 Å². The second-order valence-corrected chi connectivity index (χ2v) is 6.64. The molecule has 2 fully saturated rings. The third kappa shape index (κ3) is 3.88. The Hall–Kier alpha value is -2.00. The van der Waals surface area contributed by atoms with E-state index in [1.165, 1.54) is 6.92 Å². The van der Waals surface area contributed by atoms with Crippen molar-refractivity contribution in [3.63, 3.8) is 0 Å². The number of carbonyl (C=O) groups excluding carboxylic acids is 2. The number of esters is 2. The highest BCUT2D eigenvalue weighted by atomic mass is 16.8. The minimum absolute atomic E-state index is 0.362. The Morgan fingerprint density at radius 3 is 2.54 bits per heavy atom. The standard InChI is InChI=1S/C18H22O8/c1-10(20)22-12(9-19)13-14(15-17(24-13)26-18(2,3)25-15)23-16(21)11-7-5-4-6-8-11/h4-8,12-15,17,19H,9H2,1-3H3/t12?,13-,14+,15-,17-/m1/s1. The molecule has 1 aromatic rings. The number of aliphatic hydroxyl groups is 1. The number of hydrogen-bond acceptors (Lipinski definition) is 8. The summed E-state index contributed by atoms with van der Waals surface area (Å²) in [6, 6.07) is 8.46. The van der Waals surface area contributed by atoms with Crippen molar-refractivity contribution in [2.24, 2.45) is 0 Å². The summed E-state index contributed by atoms with van der Waals surface area (Å²) in [4.78, 5) is 23.8. The fraction of sp³-hybridized carbons (Fsp3) is 0.556. The Bertz CT molecular complexity index is 658. The SMILES string of the molecule is CC(=O)OC(CO)[C@H]1O[C@@H]2OC(C)(C)O[C@@H]2[C@H]1OC(=O)c1ccccc1. The van der Waals surface area contributed by atoms with Crippen LogP contribution >= 0.6 is 0 Å². The van der Waals surface area contributed by atoms with Gasteiger partial charge in [0.2, 0.25) is 0 Å². The van der Waals surface area contributed by atoms with Crippen LogP contribution in [0.15, 0.2) is 30.3 Å². The maximum Gasteiger partial charge on any atom is 0.338 e. The van der Waals surface area contributed by atoms with Crippen molar-refractivity contribution in [1.29, 1.82) is 0 Å². The lowest BCUT2D eigenvalue weighted by atomic mass is 10.1. The zero-order chi connectivity index (χ0) is 18.9. The van der Waals surface area contributed by atoms with Crippen LogP contribution in [0.5, 0.6) is 0 Å². The smallest absolute Gasteiger partial charge is 0.338 e. The van der Waals surface area contributed by atoms with Crippen molar-refractivity contribution < 1.29 is 38.4 Å². The van der Waals surface area contributed by atoms with Crippen molar-refractivity contribution in [2.45, 2.75) is 57.3 Å². The number of hydrogen-bond donors (Lipinski definition) is 1. The van der Waals surface area contributed by atoms with Gasteiger partial charge in [-0.25, -0.2) is 4.79 Å². The number of aliphatic hydroxyl groups excluding tert-OH is 1. The van der Waals surface area contributed by atoms with Crippen LogP contribution in [0.2, 0.25) is 0 Å². The maximum atomic E-state index is 12.5. The molecule has 0 spiro atoms. The van der Waals surface area contributed by atoms with Crippen LogP contribution in [0, 0.1) is 0 Å². The van der Waals surface area contributed by atoms with Crippen molar-refractivity contribution >= 4 is 11.9 Å². The lowest BCUT2D eigenvalue weighted by molar-refractivity contribution is -0.230. The summed E-state index contributed by atoms with van der Waals surface area (Å²) in [6.07, 6.45) is -4.34. The lowest BCUT2D eigenvalue weighted by Crippen LogP contribution is -2.46. The molecule has 2 heterocycles. The van der Waals surface area contributed by atoms with E-state index in [2.05, 4.69) is 0 Å². The molecule has 2 aliphatic rings. The van der Waals surface area contributed by atoms with E-state index in [1.807, 2.05) is 0 Å². The molecule has 0 radical (unpaired) electrons. The van der Waals surface area contributed by atoms with Crippen molar-refractivity contribution in [1.82, 2.24) is 0 Å². The van der Waals surface area contributed by atoms with Gasteiger partial charge in [-0.1, -0.05) is 18.2 Å². The van der Waals surface area contributed by atoms with Gasteiger partial charge in [-0.2, -0.15) is 0 Å². The summed E-state index contributed by atoms with van der Waals surface area (Å²) in [5.74, 6) is -2.06. The molecule has 5 atom stereocenters. The number of ether oxygens (including phenoxy) is 5. The first kappa shape index (κ1) is 18.8. The van der Waals surface area contributed by atoms with Gasteiger partial charge in [-0.3, -0.25) is 4.79 Å². The Labute approximate surface area is 150 Å². The normalized spacial score (nSPS) is 30.5. The largest absolute Gasteiger partial charge is 0.457 e. The molecule has 0 bridgehead atoms. The number of benzene rings is 1. The molecule has 0 saturated carbocycles. The fourth-order valence-electron chi connectivity index (χ4n) is 3.12. The highest BCUT2D eigenvalue weighted by Crippen LogP contribution is 2.40. The summed E-state index contributed by atoms with van der Waals surface area (Å²) in [6.45, 7) is 4.16. The van der Waals surface area contributed by atoms with Crippen LogP contribution in [0.25, 0.3) is 0 Å². The number of rotatable bonds is 5. The van der Waals surface area contributed by atoms with Gasteiger partial charge in [0.05, 0.1) is 12.2 Å². The van der Waals surface area contributed by atoms with Crippen LogP contribution in [0.3, 0.4) is 0 Å². The molecular formula is C18H22O8. The molecule has 26 heavy (non-hydrogen) atoms. The van der Waals surface area contributed by atoms with Crippen LogP contribution in [-0.2, 0) is 28.5 Å². The van der Waals surface area contributed by atoms with Crippen LogP contribution in [0.1, 0.15) is 31.1 Å². The molecule has 1 N–H and O–H groups in total. The van der Waals surface area contributed by atoms with Gasteiger partial charge in [0, 0.05) is 6.92 Å². The molecular weight excluding hydrogens is 344 g/mol. The van der Waals surface area contributed by atoms with Crippen LogP contribution in [-0.4, -0.2) is 60.1 Å². The highest BCUT2D eigenvalue weighted by Gasteiger charge is 2.59. The van der Waals surface area contributed by atoms with Gasteiger partial charge in [-0.05, 0) is 26.0 Å². The Balaban J connectivity index is 1.82. The van der Waals surface area contributed by atoms with Crippen LogP contribution in [0.4, 0.5) is 0 Å². The van der Waals surface area contributed by atoms with E-state index in [0.717, 1.165) is 0 Å². The molecule has 2 saturated heterocycles. The molecule has 1 unspecified atom stereocenters. The molecule has 0 amide bonds. The second-order valence-electron chi connectivity index (χ2n) is 6.64. The Morgan fingerprint density at radius 1 is 1.23 bits per heavy atom. The maximum absolute atomic E-state index is 12.5. The van der Waals surface area contributed by atoms with Crippen molar-refractivity contribution in [3.05, 3.63) is 35.9 Å². The van der Waals surface area contributed by atoms with Crippen molar-refractivity contribution in [2.75, 3.05) is 6.61 Å². The van der Waals surface area contributed by atoms with Gasteiger partial charge in [0.1, 0.15) is 6.10 Å². The summed E-state index contributed by atoms with van der Waals surface area (Å²) in [5.41, 5.74) is 0.362. The van der Waals surface area contributed by atoms with Gasteiger partial charge in [0.15, 0.2) is 30.4 Å². The fourth-order valence-corrected chi connectivity index (χ4v) is 3.12. The summed E-state index contributed by atoms with van der Waals surface area (Å²) in [5, 5.41) is 9.59. The molecule has 8 heteroatoms. The number of carbonyl (C=O) groups is 2. The minimum atomic E-state index is -1.01. The quantitative estimate of drug-likeness (QED) is 0.771. The van der Waals surface area contributed by atoms with Crippen LogP contribution < -0.4 is 0 Å². The summed E-state index contributed by atoms with van der Waals surface area (Å²) in [7, 11) is 0. The minimum Gasteiger partial charge on any atom is -0.457 e. The molecule has 3 rings (SSSR count). The van der Waals surface area contributed by atoms with E-state index in [0.29, 0.717) is 5.56 Å². The second kappa shape index (κ2) is 7.32. The van der Waals surface area contributed by atoms with E-state index < -0.39 is 55.0 Å². The Kier molecular flexibility index (Phi) is 5.29. The van der Waals surface area contributed by atoms with E-state index in [-0.39, 0.29) is 0 Å². The van der Waals surface area contributed by atoms with Crippen molar-refractivity contribution in [3.8, 4) is 0 Å². The molecule has 1 aromatic carbocycles. The molecule has 0 aliphatic carbocycles. The van der Waals surface area contributed by atoms with Gasteiger partial charge in [0.25, 0.3) is 0 Å². The topological polar surface area (TPSA) is 101 Å². The first-order valence-corrected chi connectivity index (χ1v) is 8.36. The lowest BCUT2D eigenvalue weighted by Gasteiger charge is -2.29. The van der Waals surface area contributed by atoms with E-state index in [4.69, 9.17) is 23.7 Å². The number of fused-ring (bicyclic) bond motifs is 1. The molecule has 142 valence electrons. The average molecular weight is 366 g/mol. The van der Waals surface area contributed by atoms with E-state index in [1.54, 1.807) is 44.2 Å². The monoisotopic (exact) mass is 366 g/mol. The zero-order valence-corrected chi connectivity index (χ0v) is 14.8. The average Bonchev–Trinajstić information content (AvgIpc) is 3.06. The predicted octanol–water partition coefficient (Wildman–Crippen LogP) is 1.01. The zero-order valence-electron chi connectivity index (χ0n) is 14.8. The Morgan fingerprint density at radius 2 is 1.92 bits per heavy atom. The molecule has 8 nitrogen and oxygen atoms in total. The first-order chi connectivity index (χ1) is 12.3. The summed E-state index contributed by atoms with van der Waals surface area (Å²) < 4.78 is 27.9. The van der Waals surface area contributed by atoms with Gasteiger partial charge >= 0.3 is 11.9 Å². The molecule has 2 aliphatic heterocycles. The third-order valence-corrected chi connectivity index (χ3v) is 4.14. The predicted molar refractivity (Wildman–Crippen MR) is 87.0 cm³/mol. The van der Waals surface area contributed by atoms with Gasteiger partial charge in [-0.15, -0.1) is 0 Å². The summed E-state index contributed by atoms with van der Waals surface area (Å²) >= 11 is 0. The van der Waals surface area contributed by atoms with Gasteiger partial charge < -0.3 is 28.8 Å². The first-order valence-electron chi connectivity index (χ1n) is 8.36. The third-order valence-electron chi connectivity index (χ3n) is 4.14. The molecule has 0 aromatic heterocycles. The highest BCUT2D eigenvalue weighted by molar-refractivity contribution is 5.89. The van der Waals surface area contributed by atoms with E-state index in [9.17, 15) is 14.7 Å².